The third kappa shape index (κ3) is 6.43. The van der Waals surface area contributed by atoms with Crippen LogP contribution in [0.1, 0.15) is 53.9 Å². The van der Waals surface area contributed by atoms with Crippen LogP contribution in [0.3, 0.4) is 0 Å². The third-order valence-electron chi connectivity index (χ3n) is 9.53. The van der Waals surface area contributed by atoms with Crippen molar-refractivity contribution in [1.82, 2.24) is 0 Å². The molecule has 43 heavy (non-hydrogen) atoms. The van der Waals surface area contributed by atoms with Crippen molar-refractivity contribution in [3.63, 3.8) is 0 Å². The molecule has 244 valence electrons. The second kappa shape index (κ2) is 12.1. The van der Waals surface area contributed by atoms with E-state index in [2.05, 4.69) is 0 Å². The molecular weight excluding hydrogens is 568 g/mol. The van der Waals surface area contributed by atoms with E-state index in [-0.39, 0.29) is 19.3 Å². The lowest BCUT2D eigenvalue weighted by Gasteiger charge is -2.54. The molecule has 2 heterocycles. The average Bonchev–Trinajstić information content (AvgIpc) is 3.15. The first-order valence-electron chi connectivity index (χ1n) is 14.5. The van der Waals surface area contributed by atoms with Crippen molar-refractivity contribution < 1.29 is 64.6 Å². The molecule has 4 rings (SSSR count). The number of aliphatic hydroxyl groups is 8. The molecule has 13 atom stereocenters. The Bertz CT molecular complexity index is 1090. The molecule has 8 N–H and O–H groups in total. The van der Waals surface area contributed by atoms with Crippen molar-refractivity contribution in [2.45, 2.75) is 120 Å². The highest BCUT2D eigenvalue weighted by atomic mass is 16.8. The minimum absolute atomic E-state index is 0.00937. The number of esters is 1. The molecule has 0 bridgehead atoms. The molecular formula is C30H46O13. The lowest BCUT2D eigenvalue weighted by molar-refractivity contribution is -0.346. The highest BCUT2D eigenvalue weighted by molar-refractivity contribution is 5.83. The number of carbonyl (C=O) groups excluding carboxylic acids is 1. The fraction of sp³-hybridized carbons (Fsp3) is 0.767. The van der Waals surface area contributed by atoms with E-state index in [1.54, 1.807) is 26.8 Å². The van der Waals surface area contributed by atoms with Crippen molar-refractivity contribution in [1.29, 1.82) is 0 Å². The molecule has 13 nitrogen and oxygen atoms in total. The molecule has 2 aliphatic heterocycles. The SMILES string of the molecule is CC(/C=C/[C@@]1(O)C(C)(C)C[C@H](O)C[C@]1(C)O)=C\C(=O)O[C@@H]1C[C@](C)(O)[C@H]2[C@H](O[C@@H]3O[C@H](CO)[C@@H](O)[C@H](O)[C@H]3O)OC=C[C@H]21. The van der Waals surface area contributed by atoms with Gasteiger partial charge in [0, 0.05) is 30.3 Å². The van der Waals surface area contributed by atoms with Gasteiger partial charge in [0.25, 0.3) is 0 Å². The van der Waals surface area contributed by atoms with Gasteiger partial charge in [0.2, 0.25) is 6.29 Å². The molecule has 0 unspecified atom stereocenters. The predicted molar refractivity (Wildman–Crippen MR) is 148 cm³/mol. The number of ether oxygens (including phenoxy) is 4. The highest BCUT2D eigenvalue weighted by Gasteiger charge is 2.59. The quantitative estimate of drug-likeness (QED) is 0.0996. The molecule has 2 saturated carbocycles. The summed E-state index contributed by atoms with van der Waals surface area (Å²) in [7, 11) is 0. The van der Waals surface area contributed by atoms with Gasteiger partial charge in [-0.2, -0.15) is 0 Å². The van der Waals surface area contributed by atoms with Crippen LogP contribution in [0.4, 0.5) is 0 Å². The van der Waals surface area contributed by atoms with Crippen LogP contribution < -0.4 is 0 Å². The summed E-state index contributed by atoms with van der Waals surface area (Å²) in [6.45, 7) is 7.49. The van der Waals surface area contributed by atoms with E-state index >= 15 is 0 Å². The Morgan fingerprint density at radius 3 is 2.28 bits per heavy atom. The van der Waals surface area contributed by atoms with Crippen LogP contribution in [-0.2, 0) is 23.7 Å². The maximum Gasteiger partial charge on any atom is 0.331 e. The molecule has 0 amide bonds. The normalized spacial score (nSPS) is 48.2. The highest BCUT2D eigenvalue weighted by Crippen LogP contribution is 2.50. The lowest BCUT2D eigenvalue weighted by Crippen LogP contribution is -2.65. The van der Waals surface area contributed by atoms with E-state index in [0.29, 0.717) is 5.57 Å². The summed E-state index contributed by atoms with van der Waals surface area (Å²) in [6, 6.07) is 0. The van der Waals surface area contributed by atoms with E-state index < -0.39 is 95.8 Å². The van der Waals surface area contributed by atoms with Gasteiger partial charge in [0.15, 0.2) is 6.29 Å². The van der Waals surface area contributed by atoms with Crippen molar-refractivity contribution in [3.8, 4) is 0 Å². The number of allylic oxidation sites excluding steroid dienone is 2. The van der Waals surface area contributed by atoms with Gasteiger partial charge in [-0.05, 0) is 44.9 Å². The number of aliphatic hydroxyl groups excluding tert-OH is 5. The number of carbonyl (C=O) groups is 1. The van der Waals surface area contributed by atoms with Crippen molar-refractivity contribution in [2.24, 2.45) is 17.3 Å². The summed E-state index contributed by atoms with van der Waals surface area (Å²) in [6.07, 6.45) is -2.90. The largest absolute Gasteiger partial charge is 0.472 e. The van der Waals surface area contributed by atoms with Crippen LogP contribution in [0.15, 0.2) is 36.1 Å². The van der Waals surface area contributed by atoms with E-state index in [1.807, 2.05) is 0 Å². The zero-order valence-electron chi connectivity index (χ0n) is 25.1. The molecule has 1 saturated heterocycles. The second-order valence-electron chi connectivity index (χ2n) is 13.5. The molecule has 0 aromatic heterocycles. The molecule has 3 fully saturated rings. The Morgan fingerprint density at radius 2 is 1.65 bits per heavy atom. The second-order valence-corrected chi connectivity index (χ2v) is 13.5. The molecule has 0 aromatic carbocycles. The van der Waals surface area contributed by atoms with Crippen LogP contribution in [0.25, 0.3) is 0 Å². The Hall–Kier alpha value is -1.91. The number of hydrogen-bond donors (Lipinski definition) is 8. The molecule has 0 spiro atoms. The monoisotopic (exact) mass is 614 g/mol. The van der Waals surface area contributed by atoms with Crippen molar-refractivity contribution >= 4 is 5.97 Å². The van der Waals surface area contributed by atoms with Crippen LogP contribution in [0, 0.1) is 17.3 Å². The first kappa shape index (κ1) is 34.0. The Kier molecular flexibility index (Phi) is 9.58. The fourth-order valence-electron chi connectivity index (χ4n) is 7.13. The number of fused-ring (bicyclic) bond motifs is 1. The standard InChI is InChI=1S/C30H46O13/c1-15(6-8-30(39)27(2,3)11-16(32)12-29(30,5)38)10-20(33)41-18-13-28(4,37)21-17(18)7-9-40-25(21)43-26-24(36)23(35)22(34)19(14-31)42-26/h6-10,16-19,21-26,31-32,34-39H,11-14H2,1-5H3/b8-6+,15-10+/t16-,17-,18+,19+,21+,22+,23-,24+,25-,26-,28-,29-,30+/m0/s1. The van der Waals surface area contributed by atoms with Gasteiger partial charge < -0.3 is 59.8 Å². The van der Waals surface area contributed by atoms with Gasteiger partial charge in [0.05, 0.1) is 36.1 Å². The first-order valence-corrected chi connectivity index (χ1v) is 14.5. The number of hydrogen-bond acceptors (Lipinski definition) is 13. The van der Waals surface area contributed by atoms with Crippen molar-refractivity contribution in [3.05, 3.63) is 36.1 Å². The zero-order chi connectivity index (χ0) is 32.1. The fourth-order valence-corrected chi connectivity index (χ4v) is 7.13. The van der Waals surface area contributed by atoms with Gasteiger partial charge >= 0.3 is 5.97 Å². The van der Waals surface area contributed by atoms with Crippen LogP contribution in [0.5, 0.6) is 0 Å². The average molecular weight is 615 g/mol. The maximum absolute atomic E-state index is 12.9. The molecule has 0 aromatic rings. The summed E-state index contributed by atoms with van der Waals surface area (Å²) in [5.74, 6) is -2.04. The van der Waals surface area contributed by atoms with Crippen LogP contribution >= 0.6 is 0 Å². The predicted octanol–water partition coefficient (Wildman–Crippen LogP) is -0.863. The van der Waals surface area contributed by atoms with Crippen LogP contribution in [0.2, 0.25) is 0 Å². The minimum Gasteiger partial charge on any atom is -0.472 e. The summed E-state index contributed by atoms with van der Waals surface area (Å²) < 4.78 is 22.5. The van der Waals surface area contributed by atoms with E-state index in [4.69, 9.17) is 18.9 Å². The Balaban J connectivity index is 1.45. The topological polar surface area (TPSA) is 216 Å². The van der Waals surface area contributed by atoms with E-state index in [0.717, 1.165) is 0 Å². The molecule has 0 radical (unpaired) electrons. The van der Waals surface area contributed by atoms with Gasteiger partial charge in [-0.25, -0.2) is 4.79 Å². The Labute approximate surface area is 250 Å². The van der Waals surface area contributed by atoms with Crippen molar-refractivity contribution in [2.75, 3.05) is 6.61 Å². The zero-order valence-corrected chi connectivity index (χ0v) is 25.1. The smallest absolute Gasteiger partial charge is 0.331 e. The molecule has 2 aliphatic carbocycles. The summed E-state index contributed by atoms with van der Waals surface area (Å²) in [5, 5.41) is 83.8. The molecule has 4 aliphatic rings. The Morgan fingerprint density at radius 1 is 0.977 bits per heavy atom. The maximum atomic E-state index is 12.9. The molecule has 13 heteroatoms. The third-order valence-corrected chi connectivity index (χ3v) is 9.53. The van der Waals surface area contributed by atoms with Gasteiger partial charge in [-0.15, -0.1) is 0 Å². The van der Waals surface area contributed by atoms with Crippen LogP contribution in [-0.4, -0.2) is 119 Å². The lowest BCUT2D eigenvalue weighted by atomic mass is 9.57. The van der Waals surface area contributed by atoms with Gasteiger partial charge in [-0.1, -0.05) is 19.9 Å². The first-order chi connectivity index (χ1) is 19.8. The minimum atomic E-state index is -1.68. The van der Waals surface area contributed by atoms with E-state index in [1.165, 1.54) is 38.3 Å². The van der Waals surface area contributed by atoms with Gasteiger partial charge in [-0.3, -0.25) is 0 Å². The summed E-state index contributed by atoms with van der Waals surface area (Å²) in [5.41, 5.74) is -5.18. The van der Waals surface area contributed by atoms with E-state index in [9.17, 15) is 45.6 Å². The summed E-state index contributed by atoms with van der Waals surface area (Å²) in [4.78, 5) is 12.9. The van der Waals surface area contributed by atoms with Gasteiger partial charge in [0.1, 0.15) is 36.1 Å². The number of rotatable bonds is 7. The summed E-state index contributed by atoms with van der Waals surface area (Å²) >= 11 is 0.